The minimum absolute atomic E-state index is 0.0212. The molecule has 2 heterocycles. The van der Waals surface area contributed by atoms with Gasteiger partial charge in [-0.25, -0.2) is 4.79 Å². The second kappa shape index (κ2) is 8.19. The first-order valence-corrected chi connectivity index (χ1v) is 14.5. The third-order valence-electron chi connectivity index (χ3n) is 6.81. The molecule has 0 saturated carbocycles. The Morgan fingerprint density at radius 3 is 2.41 bits per heavy atom. The maximum absolute atomic E-state index is 13.3. The zero-order valence-corrected chi connectivity index (χ0v) is 21.6. The van der Waals surface area contributed by atoms with E-state index in [1.807, 2.05) is 6.92 Å². The first kappa shape index (κ1) is 24.8. The van der Waals surface area contributed by atoms with E-state index in [-0.39, 0.29) is 33.4 Å². The Labute approximate surface area is 198 Å². The van der Waals surface area contributed by atoms with Crippen molar-refractivity contribution in [3.63, 3.8) is 0 Å². The lowest BCUT2D eigenvalue weighted by Gasteiger charge is -2.51. The van der Waals surface area contributed by atoms with Crippen molar-refractivity contribution < 1.29 is 24.0 Å². The third-order valence-corrected chi connectivity index (χ3v) is 13.3. The number of benzene rings is 1. The van der Waals surface area contributed by atoms with E-state index < -0.39 is 36.0 Å². The van der Waals surface area contributed by atoms with Gasteiger partial charge in [-0.2, -0.15) is 0 Å². The van der Waals surface area contributed by atoms with Crippen LogP contribution in [0.4, 0.5) is 5.69 Å². The number of hydrogen-bond acceptors (Lipinski definition) is 7. The Morgan fingerprint density at radius 1 is 1.38 bits per heavy atom. The number of thioether (sulfide) groups is 1. The number of carbonyl (C=O) groups is 2. The van der Waals surface area contributed by atoms with Crippen LogP contribution in [-0.2, 0) is 20.4 Å². The average molecular weight is 497 g/mol. The Bertz CT molecular complexity index is 977. The number of aliphatic carboxylic acids is 1. The van der Waals surface area contributed by atoms with Gasteiger partial charge < -0.3 is 14.4 Å². The van der Waals surface area contributed by atoms with Gasteiger partial charge >= 0.3 is 5.97 Å². The van der Waals surface area contributed by atoms with Crippen molar-refractivity contribution in [1.82, 2.24) is 4.90 Å². The summed E-state index contributed by atoms with van der Waals surface area (Å²) in [5.41, 5.74) is -1.19. The highest BCUT2D eigenvalue weighted by atomic mass is 32.2. The summed E-state index contributed by atoms with van der Waals surface area (Å²) in [6.07, 6.45) is -0.401. The van der Waals surface area contributed by atoms with Crippen LogP contribution in [0.25, 0.3) is 0 Å². The first-order valence-electron chi connectivity index (χ1n) is 10.3. The van der Waals surface area contributed by atoms with Crippen LogP contribution in [0.5, 0.6) is 0 Å². The summed E-state index contributed by atoms with van der Waals surface area (Å²) in [4.78, 5) is 37.5. The number of nitro groups is 1. The molecule has 3 rings (SSSR count). The number of thiocarbonyl (C=S) groups is 1. The minimum atomic E-state index is -2.12. The van der Waals surface area contributed by atoms with Crippen LogP contribution in [0.2, 0.25) is 18.1 Å². The smallest absolute Gasteiger partial charge is 0.336 e. The van der Waals surface area contributed by atoms with Crippen molar-refractivity contribution >= 4 is 54.1 Å². The van der Waals surface area contributed by atoms with Crippen LogP contribution in [0, 0.1) is 16.0 Å². The van der Waals surface area contributed by atoms with Gasteiger partial charge in [0.25, 0.3) is 5.69 Å². The van der Waals surface area contributed by atoms with E-state index in [9.17, 15) is 24.8 Å². The monoisotopic (exact) mass is 496 g/mol. The molecule has 1 amide bonds. The standard InChI is InChI=1S/C21H28N2O6S2Si/c1-12(29-32(5,6)20(2,3)4)15-16(24)22-17(15)31-19(30)21(22,18(25)26)11-13-7-9-14(10-8-13)23(27)28/h7-10,12,15,17H,11H2,1-6H3,(H,25,26)/t12?,15?,17-,21?/m1/s1. The molecule has 11 heteroatoms. The maximum Gasteiger partial charge on any atom is 0.336 e. The van der Waals surface area contributed by atoms with E-state index in [0.29, 0.717) is 5.56 Å². The fourth-order valence-electron chi connectivity index (χ4n) is 3.92. The number of carbonyl (C=O) groups excluding carboxylic acids is 1. The number of hydrogen-bond donors (Lipinski definition) is 1. The molecule has 1 N–H and O–H groups in total. The Balaban J connectivity index is 1.86. The largest absolute Gasteiger partial charge is 0.479 e. The van der Waals surface area contributed by atoms with E-state index in [2.05, 4.69) is 33.9 Å². The lowest BCUT2D eigenvalue weighted by molar-refractivity contribution is -0.384. The minimum Gasteiger partial charge on any atom is -0.479 e. The molecule has 1 aromatic rings. The second-order valence-electron chi connectivity index (χ2n) is 9.88. The summed E-state index contributed by atoms with van der Waals surface area (Å²) in [6, 6.07) is 5.66. The summed E-state index contributed by atoms with van der Waals surface area (Å²) < 4.78 is 6.65. The molecule has 0 aliphatic carbocycles. The van der Waals surface area contributed by atoms with Crippen LogP contribution in [0.15, 0.2) is 24.3 Å². The van der Waals surface area contributed by atoms with Gasteiger partial charge in [0.1, 0.15) is 0 Å². The van der Waals surface area contributed by atoms with Crippen LogP contribution in [0.1, 0.15) is 33.3 Å². The fraction of sp³-hybridized carbons (Fsp3) is 0.571. The molecule has 32 heavy (non-hydrogen) atoms. The van der Waals surface area contributed by atoms with Crippen molar-refractivity contribution in [3.8, 4) is 0 Å². The highest BCUT2D eigenvalue weighted by Crippen LogP contribution is 2.53. The summed E-state index contributed by atoms with van der Waals surface area (Å²) in [5, 5.41) is 20.7. The first-order chi connectivity index (χ1) is 14.6. The maximum atomic E-state index is 13.3. The quantitative estimate of drug-likeness (QED) is 0.196. The fourth-order valence-corrected chi connectivity index (χ4v) is 7.45. The van der Waals surface area contributed by atoms with Gasteiger partial charge in [0.05, 0.1) is 26.5 Å². The van der Waals surface area contributed by atoms with Gasteiger partial charge in [-0.15, -0.1) is 0 Å². The molecule has 0 spiro atoms. The SMILES string of the molecule is CC(O[Si](C)(C)C(C)(C)C)C1C(=O)N2[C@@H]1SC(=S)C2(Cc1ccc([N+](=O)[O-])cc1)C(=O)O. The molecule has 2 saturated heterocycles. The second-order valence-corrected chi connectivity index (χ2v) is 16.4. The molecule has 2 aliphatic heterocycles. The Morgan fingerprint density at radius 2 is 1.94 bits per heavy atom. The molecule has 0 radical (unpaired) electrons. The number of non-ortho nitro benzene ring substituents is 1. The van der Waals surface area contributed by atoms with Crippen molar-refractivity contribution in [1.29, 1.82) is 0 Å². The molecule has 4 atom stereocenters. The predicted octanol–water partition coefficient (Wildman–Crippen LogP) is 4.23. The molecule has 2 fully saturated rings. The third kappa shape index (κ3) is 3.89. The van der Waals surface area contributed by atoms with E-state index in [0.717, 1.165) is 0 Å². The molecule has 3 unspecified atom stereocenters. The van der Waals surface area contributed by atoms with Crippen molar-refractivity contribution in [3.05, 3.63) is 39.9 Å². The Kier molecular flexibility index (Phi) is 6.35. The van der Waals surface area contributed by atoms with Crippen LogP contribution >= 0.6 is 24.0 Å². The summed E-state index contributed by atoms with van der Waals surface area (Å²) in [6.45, 7) is 12.5. The average Bonchev–Trinajstić information content (AvgIpc) is 2.90. The summed E-state index contributed by atoms with van der Waals surface area (Å²) >= 11 is 6.73. The number of nitro benzene ring substituents is 1. The number of nitrogens with zero attached hydrogens (tertiary/aromatic N) is 2. The number of rotatable bonds is 7. The summed E-state index contributed by atoms with van der Waals surface area (Å²) in [5.74, 6) is -1.94. The summed E-state index contributed by atoms with van der Waals surface area (Å²) in [7, 11) is -2.12. The normalized spacial score (nSPS) is 26.5. The molecule has 0 bridgehead atoms. The van der Waals surface area contributed by atoms with Gasteiger partial charge in [-0.3, -0.25) is 14.9 Å². The van der Waals surface area contributed by atoms with Crippen LogP contribution in [-0.4, -0.2) is 56.3 Å². The van der Waals surface area contributed by atoms with Crippen molar-refractivity contribution in [2.24, 2.45) is 5.92 Å². The van der Waals surface area contributed by atoms with E-state index in [1.54, 1.807) is 0 Å². The molecule has 1 aromatic carbocycles. The molecule has 174 valence electrons. The zero-order valence-electron chi connectivity index (χ0n) is 18.9. The van der Waals surface area contributed by atoms with Gasteiger partial charge in [-0.05, 0) is 30.6 Å². The molecular formula is C21H28N2O6S2Si. The lowest BCUT2D eigenvalue weighted by Crippen LogP contribution is -2.71. The molecule has 0 aromatic heterocycles. The highest BCUT2D eigenvalue weighted by molar-refractivity contribution is 8.24. The topological polar surface area (TPSA) is 110 Å². The van der Waals surface area contributed by atoms with Crippen LogP contribution in [0.3, 0.4) is 0 Å². The van der Waals surface area contributed by atoms with Crippen molar-refractivity contribution in [2.75, 3.05) is 0 Å². The van der Waals surface area contributed by atoms with E-state index in [1.165, 1.54) is 40.9 Å². The molecule has 2 aliphatic rings. The molecule has 8 nitrogen and oxygen atoms in total. The van der Waals surface area contributed by atoms with Gasteiger partial charge in [0, 0.05) is 18.6 Å². The zero-order chi connectivity index (χ0) is 24.2. The number of fused-ring (bicyclic) bond motifs is 1. The van der Waals surface area contributed by atoms with Crippen molar-refractivity contribution in [2.45, 2.75) is 69.3 Å². The van der Waals surface area contributed by atoms with E-state index >= 15 is 0 Å². The number of carboxylic acids is 1. The number of carboxylic acid groups (broad SMARTS) is 1. The van der Waals surface area contributed by atoms with Gasteiger partial charge in [0.2, 0.25) is 5.91 Å². The number of β-lactam (4-membered cyclic amide) rings is 1. The van der Waals surface area contributed by atoms with E-state index in [4.69, 9.17) is 16.6 Å². The lowest BCUT2D eigenvalue weighted by atomic mass is 9.82. The predicted molar refractivity (Wildman–Crippen MR) is 129 cm³/mol. The molecular weight excluding hydrogens is 468 g/mol. The number of amides is 1. The Hall–Kier alpha value is -1.82. The van der Waals surface area contributed by atoms with Crippen LogP contribution < -0.4 is 0 Å². The van der Waals surface area contributed by atoms with Gasteiger partial charge in [0.15, 0.2) is 13.9 Å². The highest BCUT2D eigenvalue weighted by Gasteiger charge is 2.69. The van der Waals surface area contributed by atoms with Gasteiger partial charge in [-0.1, -0.05) is 56.9 Å².